The fourth-order valence-corrected chi connectivity index (χ4v) is 1.56. The molecular weight excluding hydrogens is 248 g/mol. The molecule has 4 heteroatoms. The minimum absolute atomic E-state index is 0.0291. The Morgan fingerprint density at radius 1 is 1.38 bits per heavy atom. The van der Waals surface area contributed by atoms with Gasteiger partial charge in [-0.25, -0.2) is 4.39 Å². The molecule has 90 valence electrons. The first-order chi connectivity index (χ1) is 7.46. The van der Waals surface area contributed by atoms with Crippen molar-refractivity contribution in [1.82, 2.24) is 5.32 Å². The molecule has 0 aliphatic rings. The molecule has 0 heterocycles. The molecule has 0 fully saturated rings. The van der Waals surface area contributed by atoms with E-state index in [0.717, 1.165) is 12.1 Å². The maximum atomic E-state index is 13.1. The number of hydrogen-bond donors (Lipinski definition) is 1. The van der Waals surface area contributed by atoms with Crippen LogP contribution in [0.3, 0.4) is 0 Å². The third kappa shape index (κ3) is 3.93. The van der Waals surface area contributed by atoms with Crippen molar-refractivity contribution >= 4 is 23.2 Å². The molecule has 16 heavy (non-hydrogen) atoms. The summed E-state index contributed by atoms with van der Waals surface area (Å²) in [6, 6.07) is 4.82. The van der Waals surface area contributed by atoms with Crippen LogP contribution in [-0.2, 0) is 6.54 Å². The van der Waals surface area contributed by atoms with Crippen LogP contribution < -0.4 is 5.32 Å². The summed E-state index contributed by atoms with van der Waals surface area (Å²) >= 11 is 11.6. The highest BCUT2D eigenvalue weighted by Gasteiger charge is 2.15. The number of alkyl halides is 1. The van der Waals surface area contributed by atoms with Gasteiger partial charge in [0, 0.05) is 19.0 Å². The standard InChI is InChI=1S/C12H16Cl2FN/c1-12(2,7-13)8-16-6-9-4-3-5-10(15)11(9)14/h3-5,16H,6-8H2,1-2H3. The van der Waals surface area contributed by atoms with Gasteiger partial charge in [0.05, 0.1) is 5.02 Å². The van der Waals surface area contributed by atoms with E-state index >= 15 is 0 Å². The number of rotatable bonds is 5. The first kappa shape index (κ1) is 13.8. The molecule has 0 saturated carbocycles. The Morgan fingerprint density at radius 2 is 2.06 bits per heavy atom. The number of hydrogen-bond acceptors (Lipinski definition) is 1. The number of nitrogens with one attached hydrogen (secondary N) is 1. The van der Waals surface area contributed by atoms with E-state index in [1.165, 1.54) is 6.07 Å². The fourth-order valence-electron chi connectivity index (χ4n) is 1.27. The van der Waals surface area contributed by atoms with E-state index in [0.29, 0.717) is 12.4 Å². The van der Waals surface area contributed by atoms with Crippen molar-refractivity contribution in [2.45, 2.75) is 20.4 Å². The van der Waals surface area contributed by atoms with Crippen molar-refractivity contribution in [3.8, 4) is 0 Å². The molecule has 0 aromatic heterocycles. The summed E-state index contributed by atoms with van der Waals surface area (Å²) in [6.07, 6.45) is 0. The van der Waals surface area contributed by atoms with Gasteiger partial charge < -0.3 is 5.32 Å². The zero-order valence-corrected chi connectivity index (χ0v) is 11.0. The second-order valence-corrected chi connectivity index (χ2v) is 5.26. The molecule has 0 spiro atoms. The van der Waals surface area contributed by atoms with E-state index in [4.69, 9.17) is 23.2 Å². The SMILES string of the molecule is CC(C)(CCl)CNCc1cccc(F)c1Cl. The van der Waals surface area contributed by atoms with E-state index in [-0.39, 0.29) is 16.3 Å². The molecule has 0 aliphatic heterocycles. The zero-order valence-electron chi connectivity index (χ0n) is 9.49. The van der Waals surface area contributed by atoms with Crippen LogP contribution in [0, 0.1) is 11.2 Å². The summed E-state index contributed by atoms with van der Waals surface area (Å²) in [7, 11) is 0. The van der Waals surface area contributed by atoms with Crippen molar-refractivity contribution in [3.05, 3.63) is 34.6 Å². The summed E-state index contributed by atoms with van der Waals surface area (Å²) in [6.45, 7) is 5.46. The second-order valence-electron chi connectivity index (χ2n) is 4.61. The highest BCUT2D eigenvalue weighted by Crippen LogP contribution is 2.20. The Bertz CT molecular complexity index is 353. The summed E-state index contributed by atoms with van der Waals surface area (Å²) in [4.78, 5) is 0. The third-order valence-corrected chi connectivity index (χ3v) is 3.46. The summed E-state index contributed by atoms with van der Waals surface area (Å²) in [5.41, 5.74) is 0.800. The molecule has 1 nitrogen and oxygen atoms in total. The molecule has 0 amide bonds. The van der Waals surface area contributed by atoms with E-state index in [1.54, 1.807) is 6.07 Å². The van der Waals surface area contributed by atoms with Crippen LogP contribution in [0.1, 0.15) is 19.4 Å². The van der Waals surface area contributed by atoms with Crippen LogP contribution in [0.2, 0.25) is 5.02 Å². The molecule has 0 atom stereocenters. The summed E-state index contributed by atoms with van der Waals surface area (Å²) in [5, 5.41) is 3.42. The predicted octanol–water partition coefficient (Wildman–Crippen LogP) is 3.83. The Balaban J connectivity index is 2.53. The molecule has 1 aromatic rings. The van der Waals surface area contributed by atoms with Gasteiger partial charge in [0.2, 0.25) is 0 Å². The molecule has 1 N–H and O–H groups in total. The lowest BCUT2D eigenvalue weighted by Gasteiger charge is -2.21. The lowest BCUT2D eigenvalue weighted by molar-refractivity contribution is 0.385. The molecule has 1 aromatic carbocycles. The monoisotopic (exact) mass is 263 g/mol. The van der Waals surface area contributed by atoms with Crippen molar-refractivity contribution < 1.29 is 4.39 Å². The minimum Gasteiger partial charge on any atom is -0.312 e. The van der Waals surface area contributed by atoms with Gasteiger partial charge in [-0.3, -0.25) is 0 Å². The average Bonchev–Trinajstić information content (AvgIpc) is 2.24. The lowest BCUT2D eigenvalue weighted by Crippen LogP contribution is -2.30. The van der Waals surface area contributed by atoms with Gasteiger partial charge in [-0.1, -0.05) is 37.6 Å². The van der Waals surface area contributed by atoms with Crippen LogP contribution in [0.25, 0.3) is 0 Å². The van der Waals surface area contributed by atoms with Gasteiger partial charge in [-0.15, -0.1) is 11.6 Å². The van der Waals surface area contributed by atoms with Crippen LogP contribution >= 0.6 is 23.2 Å². The second kappa shape index (κ2) is 5.85. The van der Waals surface area contributed by atoms with Crippen molar-refractivity contribution in [1.29, 1.82) is 0 Å². The van der Waals surface area contributed by atoms with Gasteiger partial charge in [0.1, 0.15) is 5.82 Å². The minimum atomic E-state index is -0.377. The highest BCUT2D eigenvalue weighted by atomic mass is 35.5. The highest BCUT2D eigenvalue weighted by molar-refractivity contribution is 6.31. The van der Waals surface area contributed by atoms with Crippen molar-refractivity contribution in [2.75, 3.05) is 12.4 Å². The van der Waals surface area contributed by atoms with Crippen LogP contribution in [-0.4, -0.2) is 12.4 Å². The topological polar surface area (TPSA) is 12.0 Å². The molecule has 1 rings (SSSR count). The normalized spacial score (nSPS) is 11.8. The third-order valence-electron chi connectivity index (χ3n) is 2.31. The quantitative estimate of drug-likeness (QED) is 0.797. The van der Waals surface area contributed by atoms with Crippen LogP contribution in [0.15, 0.2) is 18.2 Å². The maximum absolute atomic E-state index is 13.1. The molecule has 0 unspecified atom stereocenters. The predicted molar refractivity (Wildman–Crippen MR) is 67.6 cm³/mol. The Hall–Kier alpha value is -0.310. The Labute approximate surface area is 106 Å². The van der Waals surface area contributed by atoms with Crippen molar-refractivity contribution in [3.63, 3.8) is 0 Å². The Morgan fingerprint density at radius 3 is 2.69 bits per heavy atom. The van der Waals surface area contributed by atoms with E-state index in [9.17, 15) is 4.39 Å². The van der Waals surface area contributed by atoms with E-state index in [2.05, 4.69) is 19.2 Å². The molecule has 0 radical (unpaired) electrons. The molecule has 0 bridgehead atoms. The first-order valence-electron chi connectivity index (χ1n) is 5.16. The van der Waals surface area contributed by atoms with Gasteiger partial charge in [-0.05, 0) is 17.0 Å². The van der Waals surface area contributed by atoms with Gasteiger partial charge in [0.25, 0.3) is 0 Å². The smallest absolute Gasteiger partial charge is 0.142 e. The van der Waals surface area contributed by atoms with E-state index in [1.807, 2.05) is 6.07 Å². The molecular formula is C12H16Cl2FN. The summed E-state index contributed by atoms with van der Waals surface area (Å²) in [5.74, 6) is 0.203. The largest absolute Gasteiger partial charge is 0.312 e. The fraction of sp³-hybridized carbons (Fsp3) is 0.500. The maximum Gasteiger partial charge on any atom is 0.142 e. The lowest BCUT2D eigenvalue weighted by atomic mass is 9.96. The number of benzene rings is 1. The summed E-state index contributed by atoms with van der Waals surface area (Å²) < 4.78 is 13.1. The zero-order chi connectivity index (χ0) is 12.2. The number of halogens is 3. The van der Waals surface area contributed by atoms with Crippen LogP contribution in [0.4, 0.5) is 4.39 Å². The van der Waals surface area contributed by atoms with Crippen molar-refractivity contribution in [2.24, 2.45) is 5.41 Å². The van der Waals surface area contributed by atoms with Gasteiger partial charge in [0.15, 0.2) is 0 Å². The Kier molecular flexibility index (Phi) is 5.03. The first-order valence-corrected chi connectivity index (χ1v) is 6.07. The van der Waals surface area contributed by atoms with Gasteiger partial charge >= 0.3 is 0 Å². The molecule has 0 aliphatic carbocycles. The van der Waals surface area contributed by atoms with Gasteiger partial charge in [-0.2, -0.15) is 0 Å². The van der Waals surface area contributed by atoms with Crippen LogP contribution in [0.5, 0.6) is 0 Å². The molecule has 0 saturated heterocycles. The average molecular weight is 264 g/mol. The van der Waals surface area contributed by atoms with E-state index < -0.39 is 0 Å².